The third-order valence-electron chi connectivity index (χ3n) is 5.12. The molecule has 0 aliphatic carbocycles. The van der Waals surface area contributed by atoms with E-state index < -0.39 is 6.09 Å². The first kappa shape index (κ1) is 18.1. The summed E-state index contributed by atoms with van der Waals surface area (Å²) < 4.78 is 6.95. The van der Waals surface area contributed by atoms with Crippen molar-refractivity contribution in [2.24, 2.45) is 0 Å². The average molecular weight is 482 g/mol. The van der Waals surface area contributed by atoms with Crippen molar-refractivity contribution in [2.75, 3.05) is 13.1 Å². The molecule has 2 aliphatic rings. The zero-order valence-electron chi connectivity index (χ0n) is 14.7. The van der Waals surface area contributed by atoms with Gasteiger partial charge in [0, 0.05) is 37.0 Å². The largest absolute Gasteiger partial charge is 0.486 e. The summed E-state index contributed by atoms with van der Waals surface area (Å²) in [5.41, 5.74) is 3.24. The van der Waals surface area contributed by atoms with Crippen LogP contribution in [0.3, 0.4) is 0 Å². The van der Waals surface area contributed by atoms with Crippen LogP contribution in [-0.4, -0.2) is 57.2 Å². The molecule has 0 spiro atoms. The van der Waals surface area contributed by atoms with Crippen LogP contribution in [0.15, 0.2) is 18.5 Å². The Morgan fingerprint density at radius 3 is 3.00 bits per heavy atom. The van der Waals surface area contributed by atoms with Gasteiger partial charge in [0.05, 0.1) is 27.1 Å². The Labute approximate surface area is 169 Å². The van der Waals surface area contributed by atoms with Crippen molar-refractivity contribution >= 4 is 34.6 Å². The molecule has 3 N–H and O–H groups in total. The maximum Gasteiger partial charge on any atom is 0.407 e. The number of amides is 2. The van der Waals surface area contributed by atoms with Crippen molar-refractivity contribution in [3.8, 4) is 17.0 Å². The molecule has 9 heteroatoms. The summed E-state index contributed by atoms with van der Waals surface area (Å²) in [6.45, 7) is 3.02. The van der Waals surface area contributed by atoms with Crippen molar-refractivity contribution in [1.29, 1.82) is 0 Å². The third-order valence-corrected chi connectivity index (χ3v) is 6.20. The molecule has 0 radical (unpaired) electrons. The van der Waals surface area contributed by atoms with Crippen molar-refractivity contribution < 1.29 is 19.4 Å². The molecule has 142 valence electrons. The fraction of sp³-hybridized carbons (Fsp3) is 0.389. The van der Waals surface area contributed by atoms with Gasteiger partial charge in [-0.1, -0.05) is 0 Å². The van der Waals surface area contributed by atoms with Crippen LogP contribution in [0.2, 0.25) is 0 Å². The molecule has 0 aromatic carbocycles. The molecule has 1 saturated heterocycles. The number of nitrogens with zero attached hydrogens (tertiary/aromatic N) is 2. The van der Waals surface area contributed by atoms with E-state index in [4.69, 9.17) is 4.74 Å². The van der Waals surface area contributed by atoms with E-state index in [0.717, 1.165) is 33.4 Å². The van der Waals surface area contributed by atoms with Crippen LogP contribution >= 0.6 is 22.6 Å². The molecular weight excluding hydrogens is 463 g/mol. The number of nitrogens with one attached hydrogen (secondary N) is 2. The van der Waals surface area contributed by atoms with Crippen LogP contribution in [0.4, 0.5) is 4.79 Å². The lowest BCUT2D eigenvalue weighted by atomic mass is 9.99. The Bertz CT molecular complexity index is 913. The maximum atomic E-state index is 12.2. The number of carbonyl (C=O) groups is 2. The van der Waals surface area contributed by atoms with Gasteiger partial charge in [0.1, 0.15) is 11.9 Å². The predicted octanol–water partition coefficient (Wildman–Crippen LogP) is 2.49. The summed E-state index contributed by atoms with van der Waals surface area (Å²) in [5, 5.41) is 12.1. The normalized spacial score (nSPS) is 19.7. The Morgan fingerprint density at radius 1 is 1.52 bits per heavy atom. The fourth-order valence-corrected chi connectivity index (χ4v) is 4.61. The highest BCUT2D eigenvalue weighted by atomic mass is 127. The monoisotopic (exact) mass is 482 g/mol. The smallest absolute Gasteiger partial charge is 0.407 e. The molecule has 0 saturated carbocycles. The molecule has 2 aromatic heterocycles. The van der Waals surface area contributed by atoms with Gasteiger partial charge in [-0.3, -0.25) is 9.78 Å². The SMILES string of the molecule is C[C@@H](Oc1cnccc1-c1[nH]c2c(c1I)C(=O)NCC2)[C@H]1CCN1C(=O)O. The summed E-state index contributed by atoms with van der Waals surface area (Å²) in [6.07, 6.45) is 3.61. The Hall–Kier alpha value is -2.30. The zero-order valence-corrected chi connectivity index (χ0v) is 16.8. The van der Waals surface area contributed by atoms with E-state index in [9.17, 15) is 14.7 Å². The van der Waals surface area contributed by atoms with Gasteiger partial charge < -0.3 is 25.0 Å². The molecule has 2 aromatic rings. The van der Waals surface area contributed by atoms with Gasteiger partial charge >= 0.3 is 6.09 Å². The number of hydrogen-bond acceptors (Lipinski definition) is 4. The number of carboxylic acid groups (broad SMARTS) is 1. The maximum absolute atomic E-state index is 12.2. The second-order valence-electron chi connectivity index (χ2n) is 6.70. The van der Waals surface area contributed by atoms with Crippen LogP contribution in [0.1, 0.15) is 29.4 Å². The zero-order chi connectivity index (χ0) is 19.1. The standard InChI is InChI=1S/C18H19IN4O4/c1-9(12-4-7-23(12)18(25)26)27-13-8-20-5-2-10(13)16-15(19)14-11(22-16)3-6-21-17(14)24/h2,5,8-9,12,22H,3-4,6-7H2,1H3,(H,21,24)(H,25,26)/t9-,12-/m1/s1. The first-order chi connectivity index (χ1) is 13.0. The molecule has 0 bridgehead atoms. The van der Waals surface area contributed by atoms with Crippen LogP contribution in [0.5, 0.6) is 5.75 Å². The van der Waals surface area contributed by atoms with Crippen LogP contribution < -0.4 is 10.1 Å². The minimum atomic E-state index is -0.925. The van der Waals surface area contributed by atoms with Gasteiger partial charge in [0.25, 0.3) is 5.91 Å². The van der Waals surface area contributed by atoms with E-state index in [0.29, 0.717) is 24.4 Å². The number of carbonyl (C=O) groups excluding carboxylic acids is 1. The Kier molecular flexibility index (Phi) is 4.70. The highest BCUT2D eigenvalue weighted by molar-refractivity contribution is 14.1. The number of aromatic nitrogens is 2. The van der Waals surface area contributed by atoms with Crippen molar-refractivity contribution in [2.45, 2.75) is 31.9 Å². The number of rotatable bonds is 4. The number of H-pyrrole nitrogens is 1. The predicted molar refractivity (Wildman–Crippen MR) is 106 cm³/mol. The van der Waals surface area contributed by atoms with Crippen molar-refractivity contribution in [3.05, 3.63) is 33.3 Å². The average Bonchev–Trinajstić information content (AvgIpc) is 2.92. The van der Waals surface area contributed by atoms with Crippen molar-refractivity contribution in [3.63, 3.8) is 0 Å². The number of ether oxygens (including phenoxy) is 1. The molecule has 0 unspecified atom stereocenters. The van der Waals surface area contributed by atoms with Gasteiger partial charge in [0.15, 0.2) is 0 Å². The number of halogens is 1. The minimum Gasteiger partial charge on any atom is -0.486 e. The molecule has 2 aliphatic heterocycles. The molecule has 2 atom stereocenters. The van der Waals surface area contributed by atoms with Crippen molar-refractivity contribution in [1.82, 2.24) is 20.2 Å². The Morgan fingerprint density at radius 2 is 2.33 bits per heavy atom. The lowest BCUT2D eigenvalue weighted by Crippen LogP contribution is -2.56. The van der Waals surface area contributed by atoms with E-state index in [-0.39, 0.29) is 18.1 Å². The quantitative estimate of drug-likeness (QED) is 0.581. The van der Waals surface area contributed by atoms with Gasteiger partial charge in [-0.05, 0) is 42.0 Å². The molecule has 4 heterocycles. The van der Waals surface area contributed by atoms with Gasteiger partial charge in [0.2, 0.25) is 0 Å². The lowest BCUT2D eigenvalue weighted by molar-refractivity contribution is 0.0150. The second-order valence-corrected chi connectivity index (χ2v) is 7.78. The van der Waals surface area contributed by atoms with E-state index in [2.05, 4.69) is 37.9 Å². The molecular formula is C18H19IN4O4. The molecule has 27 heavy (non-hydrogen) atoms. The van der Waals surface area contributed by atoms with E-state index in [1.165, 1.54) is 4.90 Å². The number of pyridine rings is 1. The third kappa shape index (κ3) is 3.13. The lowest BCUT2D eigenvalue weighted by Gasteiger charge is -2.42. The van der Waals surface area contributed by atoms with Gasteiger partial charge in [-0.25, -0.2) is 4.79 Å². The summed E-state index contributed by atoms with van der Waals surface area (Å²) >= 11 is 2.18. The first-order valence-corrected chi connectivity index (χ1v) is 9.84. The molecule has 2 amide bonds. The summed E-state index contributed by atoms with van der Waals surface area (Å²) in [7, 11) is 0. The van der Waals surface area contributed by atoms with E-state index in [1.807, 2.05) is 13.0 Å². The topological polar surface area (TPSA) is 108 Å². The number of hydrogen-bond donors (Lipinski definition) is 3. The van der Waals surface area contributed by atoms with Crippen LogP contribution in [0, 0.1) is 3.57 Å². The summed E-state index contributed by atoms with van der Waals surface area (Å²) in [6, 6.07) is 1.67. The van der Waals surface area contributed by atoms with Crippen LogP contribution in [-0.2, 0) is 6.42 Å². The number of aromatic amines is 1. The van der Waals surface area contributed by atoms with E-state index >= 15 is 0 Å². The minimum absolute atomic E-state index is 0.0698. The number of likely N-dealkylation sites (tertiary alicyclic amines) is 1. The second kappa shape index (κ2) is 7.02. The first-order valence-electron chi connectivity index (χ1n) is 8.76. The highest BCUT2D eigenvalue weighted by Crippen LogP contribution is 2.37. The van der Waals surface area contributed by atoms with Crippen LogP contribution in [0.25, 0.3) is 11.3 Å². The van der Waals surface area contributed by atoms with Gasteiger partial charge in [-0.15, -0.1) is 0 Å². The molecule has 4 rings (SSSR count). The van der Waals surface area contributed by atoms with E-state index in [1.54, 1.807) is 12.4 Å². The van der Waals surface area contributed by atoms with Gasteiger partial charge in [-0.2, -0.15) is 0 Å². The summed E-state index contributed by atoms with van der Waals surface area (Å²) in [5.74, 6) is 0.499. The molecule has 1 fully saturated rings. The molecule has 8 nitrogen and oxygen atoms in total. The highest BCUT2D eigenvalue weighted by Gasteiger charge is 2.37. The Balaban J connectivity index is 1.65. The number of fused-ring (bicyclic) bond motifs is 1. The fourth-order valence-electron chi connectivity index (χ4n) is 3.62. The summed E-state index contributed by atoms with van der Waals surface area (Å²) in [4.78, 5) is 32.4.